The molecule has 0 saturated carbocycles. The number of nitrogens with one attached hydrogen (secondary N) is 3. The van der Waals surface area contributed by atoms with Gasteiger partial charge in [-0.2, -0.15) is 4.37 Å². The van der Waals surface area contributed by atoms with E-state index in [1.165, 1.54) is 13.1 Å². The van der Waals surface area contributed by atoms with E-state index in [0.29, 0.717) is 5.69 Å². The monoisotopic (exact) mass is 268 g/mol. The minimum atomic E-state index is -1.17. The van der Waals surface area contributed by atoms with Crippen molar-refractivity contribution in [2.75, 3.05) is 5.32 Å². The zero-order valence-electron chi connectivity index (χ0n) is 9.10. The molecule has 2 aromatic heterocycles. The number of carbonyl (C=O) groups is 2. The number of hydrogen-bond donors (Lipinski definition) is 4. The smallest absolute Gasteiger partial charge is 0.340 e. The molecule has 0 bridgehead atoms. The highest BCUT2D eigenvalue weighted by molar-refractivity contribution is 7.11. The van der Waals surface area contributed by atoms with Crippen LogP contribution in [-0.2, 0) is 0 Å². The lowest BCUT2D eigenvalue weighted by Gasteiger charge is -2.01. The Morgan fingerprint density at radius 3 is 2.78 bits per heavy atom. The summed E-state index contributed by atoms with van der Waals surface area (Å²) in [5.41, 5.74) is -0.224. The van der Waals surface area contributed by atoms with E-state index >= 15 is 0 Å². The van der Waals surface area contributed by atoms with E-state index in [-0.39, 0.29) is 16.3 Å². The first-order valence-electron chi connectivity index (χ1n) is 4.77. The number of nitrogens with zero attached hydrogens (tertiary/aromatic N) is 1. The largest absolute Gasteiger partial charge is 0.478 e. The number of hydrogen-bond acceptors (Lipinski definition) is 5. The summed E-state index contributed by atoms with van der Waals surface area (Å²) >= 11 is 0.869. The molecule has 0 radical (unpaired) electrons. The fourth-order valence-electron chi connectivity index (χ4n) is 1.33. The van der Waals surface area contributed by atoms with Crippen LogP contribution in [0.5, 0.6) is 0 Å². The first-order valence-corrected chi connectivity index (χ1v) is 5.55. The van der Waals surface area contributed by atoms with Crippen LogP contribution in [0.4, 0.5) is 5.00 Å². The average Bonchev–Trinajstić information content (AvgIpc) is 2.85. The van der Waals surface area contributed by atoms with Crippen LogP contribution in [-0.4, -0.2) is 31.3 Å². The molecule has 0 spiro atoms. The lowest BCUT2D eigenvalue weighted by atomic mass is 10.2. The van der Waals surface area contributed by atoms with Gasteiger partial charge in [-0.3, -0.25) is 4.79 Å². The van der Waals surface area contributed by atoms with Crippen molar-refractivity contribution in [3.63, 3.8) is 0 Å². The summed E-state index contributed by atoms with van der Waals surface area (Å²) in [6.07, 6.45) is 1.20. The third-order valence-electron chi connectivity index (χ3n) is 2.14. The molecule has 2 rings (SSSR count). The van der Waals surface area contributed by atoms with Crippen LogP contribution < -0.4 is 11.0 Å². The van der Waals surface area contributed by atoms with Crippen molar-refractivity contribution in [2.45, 2.75) is 6.92 Å². The maximum Gasteiger partial charge on any atom is 0.340 e. The second kappa shape index (κ2) is 4.45. The minimum absolute atomic E-state index is 0.0161. The van der Waals surface area contributed by atoms with Crippen molar-refractivity contribution in [3.8, 4) is 0 Å². The number of anilines is 1. The van der Waals surface area contributed by atoms with Crippen LogP contribution in [0.25, 0.3) is 0 Å². The Balaban J connectivity index is 2.27. The van der Waals surface area contributed by atoms with Gasteiger partial charge in [-0.25, -0.2) is 9.59 Å². The van der Waals surface area contributed by atoms with Gasteiger partial charge in [0.25, 0.3) is 5.91 Å². The molecule has 0 aromatic carbocycles. The van der Waals surface area contributed by atoms with E-state index in [2.05, 4.69) is 19.7 Å². The fourth-order valence-corrected chi connectivity index (χ4v) is 2.12. The Morgan fingerprint density at radius 1 is 1.50 bits per heavy atom. The number of carbonyl (C=O) groups excluding carboxylic acids is 1. The summed E-state index contributed by atoms with van der Waals surface area (Å²) in [7, 11) is 0. The summed E-state index contributed by atoms with van der Waals surface area (Å²) in [5, 5.41) is 11.5. The van der Waals surface area contributed by atoms with Gasteiger partial charge < -0.3 is 20.4 Å². The number of aromatic carboxylic acids is 1. The second-order valence-electron chi connectivity index (χ2n) is 3.39. The van der Waals surface area contributed by atoms with Crippen LogP contribution in [0.1, 0.15) is 26.5 Å². The Hall–Kier alpha value is -2.42. The van der Waals surface area contributed by atoms with Crippen molar-refractivity contribution in [1.29, 1.82) is 0 Å². The normalized spacial score (nSPS) is 10.3. The molecular formula is C9H8N4O4S. The highest BCUT2D eigenvalue weighted by Gasteiger charge is 2.20. The molecule has 18 heavy (non-hydrogen) atoms. The molecule has 2 heterocycles. The van der Waals surface area contributed by atoms with Crippen molar-refractivity contribution >= 4 is 28.4 Å². The predicted molar refractivity (Wildman–Crippen MR) is 63.2 cm³/mol. The van der Waals surface area contributed by atoms with E-state index in [0.717, 1.165) is 11.5 Å². The van der Waals surface area contributed by atoms with Crippen LogP contribution in [0.2, 0.25) is 0 Å². The van der Waals surface area contributed by atoms with E-state index < -0.39 is 17.6 Å². The Kier molecular flexibility index (Phi) is 2.98. The number of aromatic nitrogens is 3. The molecular weight excluding hydrogens is 260 g/mol. The van der Waals surface area contributed by atoms with E-state index in [9.17, 15) is 14.4 Å². The summed E-state index contributed by atoms with van der Waals surface area (Å²) < 4.78 is 3.86. The average molecular weight is 268 g/mol. The Labute approximate surface area is 104 Å². The summed E-state index contributed by atoms with van der Waals surface area (Å²) in [6, 6.07) is 0. The third kappa shape index (κ3) is 2.15. The summed E-state index contributed by atoms with van der Waals surface area (Å²) in [6.45, 7) is 1.54. The minimum Gasteiger partial charge on any atom is -0.478 e. The number of amides is 1. The highest BCUT2D eigenvalue weighted by Crippen LogP contribution is 2.24. The van der Waals surface area contributed by atoms with Crippen molar-refractivity contribution in [3.05, 3.63) is 33.6 Å². The second-order valence-corrected chi connectivity index (χ2v) is 4.16. The number of aryl methyl sites for hydroxylation is 1. The maximum absolute atomic E-state index is 11.7. The first kappa shape index (κ1) is 12.0. The maximum atomic E-state index is 11.7. The lowest BCUT2D eigenvalue weighted by Crippen LogP contribution is -2.15. The zero-order chi connectivity index (χ0) is 13.3. The molecule has 0 aliphatic heterocycles. The van der Waals surface area contributed by atoms with Crippen molar-refractivity contribution in [2.24, 2.45) is 0 Å². The van der Waals surface area contributed by atoms with E-state index in [1.807, 2.05) is 0 Å². The molecule has 2 aromatic rings. The van der Waals surface area contributed by atoms with E-state index in [4.69, 9.17) is 5.11 Å². The van der Waals surface area contributed by atoms with Gasteiger partial charge in [0, 0.05) is 6.20 Å². The number of carboxylic acid groups (broad SMARTS) is 1. The fraction of sp³-hybridized carbons (Fsp3) is 0.111. The predicted octanol–water partition coefficient (Wildman–Crippen LogP) is 0.418. The number of H-pyrrole nitrogens is 2. The summed E-state index contributed by atoms with van der Waals surface area (Å²) in [5.74, 6) is -1.78. The third-order valence-corrected chi connectivity index (χ3v) is 3.00. The molecule has 0 unspecified atom stereocenters. The van der Waals surface area contributed by atoms with Crippen LogP contribution in [0.15, 0.2) is 11.0 Å². The van der Waals surface area contributed by atoms with Gasteiger partial charge in [0.05, 0.1) is 5.69 Å². The van der Waals surface area contributed by atoms with Gasteiger partial charge in [0.15, 0.2) is 0 Å². The van der Waals surface area contributed by atoms with Crippen LogP contribution >= 0.6 is 11.5 Å². The first-order chi connectivity index (χ1) is 8.49. The molecule has 0 saturated heterocycles. The number of rotatable bonds is 3. The van der Waals surface area contributed by atoms with Gasteiger partial charge in [0.2, 0.25) is 0 Å². The number of aromatic amines is 2. The van der Waals surface area contributed by atoms with E-state index in [1.54, 1.807) is 0 Å². The van der Waals surface area contributed by atoms with Gasteiger partial charge in [-0.1, -0.05) is 0 Å². The Morgan fingerprint density at radius 2 is 2.22 bits per heavy atom. The van der Waals surface area contributed by atoms with Gasteiger partial charge in [-0.15, -0.1) is 0 Å². The Bertz CT molecular complexity index is 668. The van der Waals surface area contributed by atoms with Gasteiger partial charge in [-0.05, 0) is 18.5 Å². The van der Waals surface area contributed by atoms with Gasteiger partial charge in [0.1, 0.15) is 16.3 Å². The number of carboxylic acids is 1. The molecule has 9 heteroatoms. The zero-order valence-corrected chi connectivity index (χ0v) is 9.92. The standard InChI is InChI=1S/C9H8N4O4S/c1-3-5(8(15)16)7(18-13-3)12-6(14)4-2-10-9(17)11-4/h2H,1H3,(H,12,14)(H,15,16)(H2,10,11,17). The topological polar surface area (TPSA) is 128 Å². The molecule has 1 amide bonds. The molecule has 0 aliphatic rings. The van der Waals surface area contributed by atoms with Crippen molar-refractivity contribution in [1.82, 2.24) is 14.3 Å². The van der Waals surface area contributed by atoms with Crippen LogP contribution in [0, 0.1) is 6.92 Å². The summed E-state index contributed by atoms with van der Waals surface area (Å²) in [4.78, 5) is 38.0. The molecule has 94 valence electrons. The van der Waals surface area contributed by atoms with Crippen molar-refractivity contribution < 1.29 is 14.7 Å². The quantitative estimate of drug-likeness (QED) is 0.641. The molecule has 0 fully saturated rings. The SMILES string of the molecule is Cc1nsc(NC(=O)c2c[nH]c(=O)[nH]2)c1C(=O)O. The van der Waals surface area contributed by atoms with Crippen LogP contribution in [0.3, 0.4) is 0 Å². The number of imidazole rings is 1. The highest BCUT2D eigenvalue weighted by atomic mass is 32.1. The van der Waals surface area contributed by atoms with Gasteiger partial charge >= 0.3 is 11.7 Å². The molecule has 4 N–H and O–H groups in total. The molecule has 8 nitrogen and oxygen atoms in total. The lowest BCUT2D eigenvalue weighted by molar-refractivity contribution is 0.0697. The molecule has 0 aliphatic carbocycles. The molecule has 0 atom stereocenters.